The summed E-state index contributed by atoms with van der Waals surface area (Å²) in [7, 11) is 0. The van der Waals surface area contributed by atoms with E-state index >= 15 is 0 Å². The van der Waals surface area contributed by atoms with Crippen molar-refractivity contribution in [2.45, 2.75) is 32.1 Å². The number of amides is 2. The van der Waals surface area contributed by atoms with Crippen molar-refractivity contribution in [3.8, 4) is 0 Å². The SMILES string of the molecule is O=C(Nc1ccc2c(c1)CCN2C(=O)C1CCCC1)c1cccc(F)c1. The lowest BCUT2D eigenvalue weighted by molar-refractivity contribution is -0.122. The second kappa shape index (κ2) is 6.90. The molecule has 26 heavy (non-hydrogen) atoms. The average molecular weight is 352 g/mol. The monoisotopic (exact) mass is 352 g/mol. The van der Waals surface area contributed by atoms with Crippen LogP contribution in [0, 0.1) is 11.7 Å². The smallest absolute Gasteiger partial charge is 0.255 e. The predicted octanol–water partition coefficient (Wildman–Crippen LogP) is 4.16. The van der Waals surface area contributed by atoms with E-state index in [0.29, 0.717) is 12.2 Å². The van der Waals surface area contributed by atoms with Crippen molar-refractivity contribution in [2.75, 3.05) is 16.8 Å². The van der Waals surface area contributed by atoms with E-state index in [9.17, 15) is 14.0 Å². The first-order valence-electron chi connectivity index (χ1n) is 9.13. The van der Waals surface area contributed by atoms with Gasteiger partial charge in [-0.3, -0.25) is 9.59 Å². The molecule has 1 fully saturated rings. The zero-order valence-corrected chi connectivity index (χ0v) is 14.5. The molecule has 0 radical (unpaired) electrons. The number of rotatable bonds is 3. The van der Waals surface area contributed by atoms with E-state index < -0.39 is 5.82 Å². The van der Waals surface area contributed by atoms with E-state index in [1.807, 2.05) is 17.0 Å². The van der Waals surface area contributed by atoms with Crippen LogP contribution in [-0.2, 0) is 11.2 Å². The summed E-state index contributed by atoms with van der Waals surface area (Å²) in [5, 5.41) is 2.81. The van der Waals surface area contributed by atoms with Crippen LogP contribution in [0.4, 0.5) is 15.8 Å². The number of nitrogens with zero attached hydrogens (tertiary/aromatic N) is 1. The molecule has 2 aromatic rings. The Balaban J connectivity index is 1.49. The summed E-state index contributed by atoms with van der Waals surface area (Å²) in [6.45, 7) is 0.700. The lowest BCUT2D eigenvalue weighted by Crippen LogP contribution is -2.33. The van der Waals surface area contributed by atoms with Crippen LogP contribution >= 0.6 is 0 Å². The molecular formula is C21H21FN2O2. The van der Waals surface area contributed by atoms with Gasteiger partial charge in [0.05, 0.1) is 0 Å². The maximum atomic E-state index is 13.3. The van der Waals surface area contributed by atoms with Crippen LogP contribution in [0.5, 0.6) is 0 Å². The molecule has 0 unspecified atom stereocenters. The standard InChI is InChI=1S/C21H21FN2O2/c22-17-7-3-6-16(12-17)20(25)23-18-8-9-19-15(13-18)10-11-24(19)21(26)14-4-1-2-5-14/h3,6-9,12-14H,1-2,4-5,10-11H2,(H,23,25). The Hall–Kier alpha value is -2.69. The summed E-state index contributed by atoms with van der Waals surface area (Å²) in [4.78, 5) is 26.9. The van der Waals surface area contributed by atoms with Gasteiger partial charge in [-0.15, -0.1) is 0 Å². The number of fused-ring (bicyclic) bond motifs is 1. The number of hydrogen-bond donors (Lipinski definition) is 1. The third-order valence-corrected chi connectivity index (χ3v) is 5.29. The van der Waals surface area contributed by atoms with Gasteiger partial charge in [-0.1, -0.05) is 18.9 Å². The van der Waals surface area contributed by atoms with Gasteiger partial charge in [0.2, 0.25) is 5.91 Å². The number of hydrogen-bond acceptors (Lipinski definition) is 2. The highest BCUT2D eigenvalue weighted by Gasteiger charge is 2.31. The lowest BCUT2D eigenvalue weighted by atomic mass is 10.1. The molecular weight excluding hydrogens is 331 g/mol. The Morgan fingerprint density at radius 1 is 1.08 bits per heavy atom. The molecule has 0 bridgehead atoms. The van der Waals surface area contributed by atoms with Crippen molar-refractivity contribution in [1.82, 2.24) is 0 Å². The number of halogens is 1. The molecule has 4 rings (SSSR count). The topological polar surface area (TPSA) is 49.4 Å². The van der Waals surface area contributed by atoms with Crippen LogP contribution in [0.2, 0.25) is 0 Å². The number of anilines is 2. The molecule has 0 atom stereocenters. The van der Waals surface area contributed by atoms with Gasteiger partial charge in [-0.2, -0.15) is 0 Å². The number of carbonyl (C=O) groups is 2. The predicted molar refractivity (Wildman–Crippen MR) is 98.8 cm³/mol. The van der Waals surface area contributed by atoms with Crippen molar-refractivity contribution in [3.05, 3.63) is 59.4 Å². The molecule has 134 valence electrons. The minimum absolute atomic E-state index is 0.160. The molecule has 1 aliphatic carbocycles. The summed E-state index contributed by atoms with van der Waals surface area (Å²) in [6, 6.07) is 11.2. The van der Waals surface area contributed by atoms with Gasteiger partial charge in [0.15, 0.2) is 0 Å². The van der Waals surface area contributed by atoms with Crippen LogP contribution in [0.3, 0.4) is 0 Å². The minimum atomic E-state index is -0.437. The summed E-state index contributed by atoms with van der Waals surface area (Å²) < 4.78 is 13.3. The molecule has 0 saturated heterocycles. The van der Waals surface area contributed by atoms with E-state index in [1.165, 1.54) is 18.2 Å². The normalized spacial score (nSPS) is 16.6. The first-order valence-corrected chi connectivity index (χ1v) is 9.13. The van der Waals surface area contributed by atoms with E-state index in [4.69, 9.17) is 0 Å². The Morgan fingerprint density at radius 2 is 1.88 bits per heavy atom. The van der Waals surface area contributed by atoms with Crippen molar-refractivity contribution in [2.24, 2.45) is 5.92 Å². The Bertz CT molecular complexity index is 859. The molecule has 5 heteroatoms. The molecule has 4 nitrogen and oxygen atoms in total. The van der Waals surface area contributed by atoms with Crippen LogP contribution in [-0.4, -0.2) is 18.4 Å². The molecule has 0 aromatic heterocycles. The highest BCUT2D eigenvalue weighted by atomic mass is 19.1. The third kappa shape index (κ3) is 3.21. The molecule has 1 aliphatic heterocycles. The second-order valence-electron chi connectivity index (χ2n) is 7.03. The fraction of sp³-hybridized carbons (Fsp3) is 0.333. The van der Waals surface area contributed by atoms with E-state index in [-0.39, 0.29) is 23.3 Å². The zero-order valence-electron chi connectivity index (χ0n) is 14.5. The zero-order chi connectivity index (χ0) is 18.1. The van der Waals surface area contributed by atoms with Crippen LogP contribution in [0.15, 0.2) is 42.5 Å². The van der Waals surface area contributed by atoms with E-state index in [0.717, 1.165) is 43.4 Å². The van der Waals surface area contributed by atoms with Crippen molar-refractivity contribution < 1.29 is 14.0 Å². The number of benzene rings is 2. The van der Waals surface area contributed by atoms with Crippen molar-refractivity contribution in [3.63, 3.8) is 0 Å². The third-order valence-electron chi connectivity index (χ3n) is 5.29. The fourth-order valence-corrected chi connectivity index (χ4v) is 3.93. The van der Waals surface area contributed by atoms with Gasteiger partial charge in [0.25, 0.3) is 5.91 Å². The van der Waals surface area contributed by atoms with Gasteiger partial charge in [0, 0.05) is 29.4 Å². The first kappa shape index (κ1) is 16.8. The molecule has 2 aliphatic rings. The van der Waals surface area contributed by atoms with Crippen LogP contribution in [0.1, 0.15) is 41.6 Å². The van der Waals surface area contributed by atoms with Gasteiger partial charge >= 0.3 is 0 Å². The van der Waals surface area contributed by atoms with E-state index in [2.05, 4.69) is 5.32 Å². The Labute approximate surface area is 152 Å². The second-order valence-corrected chi connectivity index (χ2v) is 7.03. The molecule has 2 aromatic carbocycles. The first-order chi connectivity index (χ1) is 12.6. The van der Waals surface area contributed by atoms with Gasteiger partial charge < -0.3 is 10.2 Å². The Morgan fingerprint density at radius 3 is 2.65 bits per heavy atom. The maximum absolute atomic E-state index is 13.3. The molecule has 2 amide bonds. The van der Waals surface area contributed by atoms with Crippen molar-refractivity contribution in [1.29, 1.82) is 0 Å². The van der Waals surface area contributed by atoms with Gasteiger partial charge in [-0.05, 0) is 61.2 Å². The summed E-state index contributed by atoms with van der Waals surface area (Å²) in [5.74, 6) is -0.389. The largest absolute Gasteiger partial charge is 0.322 e. The average Bonchev–Trinajstić information content (AvgIpc) is 3.31. The fourth-order valence-electron chi connectivity index (χ4n) is 3.93. The highest BCUT2D eigenvalue weighted by molar-refractivity contribution is 6.04. The summed E-state index contributed by atoms with van der Waals surface area (Å²) in [5.41, 5.74) is 2.95. The van der Waals surface area contributed by atoms with Crippen LogP contribution < -0.4 is 10.2 Å². The van der Waals surface area contributed by atoms with Crippen LogP contribution in [0.25, 0.3) is 0 Å². The summed E-state index contributed by atoms with van der Waals surface area (Å²) >= 11 is 0. The van der Waals surface area contributed by atoms with Crippen molar-refractivity contribution >= 4 is 23.2 Å². The van der Waals surface area contributed by atoms with Gasteiger partial charge in [0.1, 0.15) is 5.82 Å². The minimum Gasteiger partial charge on any atom is -0.322 e. The van der Waals surface area contributed by atoms with E-state index in [1.54, 1.807) is 12.1 Å². The maximum Gasteiger partial charge on any atom is 0.255 e. The molecule has 1 saturated carbocycles. The summed E-state index contributed by atoms with van der Waals surface area (Å²) in [6.07, 6.45) is 5.06. The molecule has 1 N–H and O–H groups in total. The molecule has 0 spiro atoms. The number of carbonyl (C=O) groups excluding carboxylic acids is 2. The molecule has 1 heterocycles. The quantitative estimate of drug-likeness (QED) is 0.902. The highest BCUT2D eigenvalue weighted by Crippen LogP contribution is 2.34. The Kier molecular flexibility index (Phi) is 4.45. The lowest BCUT2D eigenvalue weighted by Gasteiger charge is -2.21. The number of nitrogens with one attached hydrogen (secondary N) is 1. The van der Waals surface area contributed by atoms with Gasteiger partial charge in [-0.25, -0.2) is 4.39 Å².